The Labute approximate surface area is 155 Å². The van der Waals surface area contributed by atoms with Gasteiger partial charge in [0.2, 0.25) is 11.8 Å². The molecule has 2 atom stereocenters. The Morgan fingerprint density at radius 2 is 1.96 bits per heavy atom. The number of rotatable bonds is 7. The lowest BCUT2D eigenvalue weighted by atomic mass is 10.2. The van der Waals surface area contributed by atoms with E-state index in [0.29, 0.717) is 11.3 Å². The molecule has 1 saturated heterocycles. The Kier molecular flexibility index (Phi) is 6.76. The zero-order valence-corrected chi connectivity index (χ0v) is 15.3. The Morgan fingerprint density at radius 1 is 1.31 bits per heavy atom. The smallest absolute Gasteiger partial charge is 0.337 e. The molecule has 0 saturated carbocycles. The maximum Gasteiger partial charge on any atom is 0.337 e. The van der Waals surface area contributed by atoms with Gasteiger partial charge in [-0.15, -0.1) is 11.8 Å². The number of nitrogens with two attached hydrogens (primary N) is 1. The van der Waals surface area contributed by atoms with Crippen LogP contribution in [0, 0.1) is 0 Å². The van der Waals surface area contributed by atoms with E-state index in [2.05, 4.69) is 4.74 Å². The van der Waals surface area contributed by atoms with Gasteiger partial charge in [-0.1, -0.05) is 0 Å². The predicted molar refractivity (Wildman–Crippen MR) is 95.7 cm³/mol. The first-order valence-electron chi connectivity index (χ1n) is 7.98. The number of amides is 2. The van der Waals surface area contributed by atoms with Gasteiger partial charge in [0.05, 0.1) is 30.2 Å². The van der Waals surface area contributed by atoms with Crippen molar-refractivity contribution in [1.29, 1.82) is 0 Å². The van der Waals surface area contributed by atoms with Crippen LogP contribution in [-0.4, -0.2) is 54.5 Å². The van der Waals surface area contributed by atoms with Crippen molar-refractivity contribution in [2.45, 2.75) is 24.6 Å². The largest absolute Gasteiger partial charge is 0.465 e. The number of hydrogen-bond donors (Lipinski definition) is 1. The highest BCUT2D eigenvalue weighted by atomic mass is 32.2. The molecule has 140 valence electrons. The molecule has 9 heteroatoms. The predicted octanol–water partition coefficient (Wildman–Crippen LogP) is 0.729. The second-order valence-electron chi connectivity index (χ2n) is 5.49. The van der Waals surface area contributed by atoms with E-state index in [0.717, 1.165) is 16.7 Å². The van der Waals surface area contributed by atoms with Crippen molar-refractivity contribution in [3.8, 4) is 0 Å². The molecule has 0 spiro atoms. The van der Waals surface area contributed by atoms with Crippen LogP contribution in [0.5, 0.6) is 0 Å². The molecule has 1 aliphatic heterocycles. The summed E-state index contributed by atoms with van der Waals surface area (Å²) in [4.78, 5) is 48.8. The van der Waals surface area contributed by atoms with E-state index in [4.69, 9.17) is 10.5 Å². The van der Waals surface area contributed by atoms with E-state index in [-0.39, 0.29) is 30.6 Å². The SMILES string of the molecule is CCOC(=O)[C@@H](N)CSC1CC(=O)N(c2ccc(C(=O)OC)cc2)C1=O. The lowest BCUT2D eigenvalue weighted by molar-refractivity contribution is -0.144. The number of hydrogen-bond acceptors (Lipinski definition) is 8. The third-order valence-corrected chi connectivity index (χ3v) is 5.04. The molecule has 8 nitrogen and oxygen atoms in total. The Morgan fingerprint density at radius 3 is 2.54 bits per heavy atom. The zero-order valence-electron chi connectivity index (χ0n) is 14.5. The maximum atomic E-state index is 12.5. The van der Waals surface area contributed by atoms with Gasteiger partial charge in [0.1, 0.15) is 6.04 Å². The Bertz CT molecular complexity index is 706. The molecule has 1 heterocycles. The minimum absolute atomic E-state index is 0.0256. The van der Waals surface area contributed by atoms with Gasteiger partial charge in [0, 0.05) is 12.2 Å². The fourth-order valence-electron chi connectivity index (χ4n) is 2.41. The summed E-state index contributed by atoms with van der Waals surface area (Å²) in [7, 11) is 1.27. The quantitative estimate of drug-likeness (QED) is 0.544. The Hall–Kier alpha value is -2.39. The van der Waals surface area contributed by atoms with E-state index in [1.807, 2.05) is 0 Å². The summed E-state index contributed by atoms with van der Waals surface area (Å²) >= 11 is 1.16. The van der Waals surface area contributed by atoms with Crippen molar-refractivity contribution in [1.82, 2.24) is 0 Å². The number of imide groups is 1. The third-order valence-electron chi connectivity index (χ3n) is 3.72. The van der Waals surface area contributed by atoms with Crippen molar-refractivity contribution >= 4 is 41.2 Å². The van der Waals surface area contributed by atoms with Crippen molar-refractivity contribution in [2.24, 2.45) is 5.73 Å². The average molecular weight is 380 g/mol. The first kappa shape index (κ1) is 19.9. The van der Waals surface area contributed by atoms with Crippen LogP contribution < -0.4 is 10.6 Å². The monoisotopic (exact) mass is 380 g/mol. The van der Waals surface area contributed by atoms with Gasteiger partial charge in [-0.2, -0.15) is 0 Å². The van der Waals surface area contributed by atoms with Crippen molar-refractivity contribution in [3.05, 3.63) is 29.8 Å². The average Bonchev–Trinajstić information content (AvgIpc) is 2.92. The van der Waals surface area contributed by atoms with Crippen molar-refractivity contribution < 1.29 is 28.7 Å². The molecule has 2 amide bonds. The third kappa shape index (κ3) is 4.41. The molecule has 1 unspecified atom stereocenters. The molecule has 2 rings (SSSR count). The number of carbonyl (C=O) groups is 4. The molecule has 0 radical (unpaired) electrons. The minimum atomic E-state index is -0.851. The summed E-state index contributed by atoms with van der Waals surface area (Å²) in [5, 5.41) is -0.608. The molecular weight excluding hydrogens is 360 g/mol. The van der Waals surface area contributed by atoms with Crippen LogP contribution in [0.1, 0.15) is 23.7 Å². The summed E-state index contributed by atoms with van der Waals surface area (Å²) in [6, 6.07) is 5.15. The summed E-state index contributed by atoms with van der Waals surface area (Å²) < 4.78 is 9.43. The molecule has 0 aliphatic carbocycles. The molecule has 1 aromatic carbocycles. The number of methoxy groups -OCH3 is 1. The molecule has 2 N–H and O–H groups in total. The topological polar surface area (TPSA) is 116 Å². The van der Waals surface area contributed by atoms with E-state index in [9.17, 15) is 19.2 Å². The van der Waals surface area contributed by atoms with Crippen LogP contribution in [0.2, 0.25) is 0 Å². The molecule has 1 aliphatic rings. The second-order valence-corrected chi connectivity index (χ2v) is 6.73. The summed E-state index contributed by atoms with van der Waals surface area (Å²) in [5.41, 5.74) is 6.42. The van der Waals surface area contributed by atoms with Gasteiger partial charge in [-0.05, 0) is 31.2 Å². The van der Waals surface area contributed by atoms with Crippen LogP contribution in [-0.2, 0) is 23.9 Å². The molecule has 1 aromatic rings. The van der Waals surface area contributed by atoms with Gasteiger partial charge in [0.25, 0.3) is 0 Å². The molecule has 26 heavy (non-hydrogen) atoms. The highest BCUT2D eigenvalue weighted by Gasteiger charge is 2.40. The number of anilines is 1. The second kappa shape index (κ2) is 8.81. The lowest BCUT2D eigenvalue weighted by Crippen LogP contribution is -2.36. The standard InChI is InChI=1S/C17H20N2O6S/c1-3-25-17(23)12(18)9-26-13-8-14(20)19(15(13)21)11-6-4-10(5-7-11)16(22)24-2/h4-7,12-13H,3,8-9,18H2,1-2H3/t12-,13?/m0/s1. The van der Waals surface area contributed by atoms with Crippen LogP contribution >= 0.6 is 11.8 Å². The van der Waals surface area contributed by atoms with Crippen molar-refractivity contribution in [2.75, 3.05) is 24.4 Å². The summed E-state index contributed by atoms with van der Waals surface area (Å²) in [6.07, 6.45) is 0.0256. The highest BCUT2D eigenvalue weighted by Crippen LogP contribution is 2.30. The number of benzene rings is 1. The molecule has 0 aromatic heterocycles. The summed E-state index contributed by atoms with van der Waals surface area (Å²) in [5.74, 6) is -1.58. The van der Waals surface area contributed by atoms with Gasteiger partial charge in [-0.3, -0.25) is 14.4 Å². The number of esters is 2. The van der Waals surface area contributed by atoms with E-state index in [1.54, 1.807) is 6.92 Å². The van der Waals surface area contributed by atoms with Crippen LogP contribution in [0.3, 0.4) is 0 Å². The number of nitrogens with zero attached hydrogens (tertiary/aromatic N) is 1. The van der Waals surface area contributed by atoms with Crippen LogP contribution in [0.25, 0.3) is 0 Å². The Balaban J connectivity index is 2.02. The maximum absolute atomic E-state index is 12.5. The minimum Gasteiger partial charge on any atom is -0.465 e. The molecule has 1 fully saturated rings. The van der Waals surface area contributed by atoms with Gasteiger partial charge in [-0.25, -0.2) is 9.69 Å². The number of ether oxygens (including phenoxy) is 2. The number of carbonyl (C=O) groups excluding carboxylic acids is 4. The lowest BCUT2D eigenvalue weighted by Gasteiger charge is -2.16. The number of thioether (sulfide) groups is 1. The van der Waals surface area contributed by atoms with Gasteiger partial charge >= 0.3 is 11.9 Å². The normalized spacial score (nSPS) is 18.0. The van der Waals surface area contributed by atoms with E-state index >= 15 is 0 Å². The van der Waals surface area contributed by atoms with Crippen LogP contribution in [0.15, 0.2) is 24.3 Å². The molecular formula is C17H20N2O6S. The van der Waals surface area contributed by atoms with E-state index in [1.165, 1.54) is 31.4 Å². The molecule has 0 bridgehead atoms. The van der Waals surface area contributed by atoms with Gasteiger partial charge in [0.15, 0.2) is 0 Å². The highest BCUT2D eigenvalue weighted by molar-refractivity contribution is 8.00. The van der Waals surface area contributed by atoms with Gasteiger partial charge < -0.3 is 15.2 Å². The fraction of sp³-hybridized carbons (Fsp3) is 0.412. The first-order valence-corrected chi connectivity index (χ1v) is 9.02. The fourth-order valence-corrected chi connectivity index (χ4v) is 3.49. The first-order chi connectivity index (χ1) is 12.4. The zero-order chi connectivity index (χ0) is 19.3. The van der Waals surface area contributed by atoms with E-state index < -0.39 is 23.2 Å². The van der Waals surface area contributed by atoms with Crippen LogP contribution in [0.4, 0.5) is 5.69 Å². The van der Waals surface area contributed by atoms with Crippen molar-refractivity contribution in [3.63, 3.8) is 0 Å². The summed E-state index contributed by atoms with van der Waals surface area (Å²) in [6.45, 7) is 1.91.